The minimum Gasteiger partial charge on any atom is -0.493 e. The second-order valence-corrected chi connectivity index (χ2v) is 7.02. The zero-order valence-electron chi connectivity index (χ0n) is 16.7. The Bertz CT molecular complexity index is 1220. The van der Waals surface area contributed by atoms with Crippen molar-refractivity contribution in [3.05, 3.63) is 52.9 Å². The number of methoxy groups -OCH3 is 2. The van der Waals surface area contributed by atoms with Gasteiger partial charge in [-0.1, -0.05) is 0 Å². The standard InChI is InChI=1S/C20H18BrN5O5/c1-28-13-4-3-12(11-15(13)29-2)19-24-23-17-7-8-18(25-26(17)19)30-10-9-22-20(27)14-5-6-16(21)31-14/h3-8,11H,9-10H2,1-2H3,(H,22,27). The smallest absolute Gasteiger partial charge is 0.287 e. The molecule has 0 aliphatic heterocycles. The Balaban J connectivity index is 1.45. The summed E-state index contributed by atoms with van der Waals surface area (Å²) in [5, 5.41) is 15.5. The first-order chi connectivity index (χ1) is 15.1. The first kappa shape index (κ1) is 20.7. The third-order valence-electron chi connectivity index (χ3n) is 4.31. The number of nitrogens with zero attached hydrogens (tertiary/aromatic N) is 4. The molecule has 160 valence electrons. The quantitative estimate of drug-likeness (QED) is 0.377. The molecule has 0 aliphatic rings. The Morgan fingerprint density at radius 3 is 2.68 bits per heavy atom. The number of furan rings is 1. The van der Waals surface area contributed by atoms with E-state index in [9.17, 15) is 4.79 Å². The van der Waals surface area contributed by atoms with Gasteiger partial charge in [-0.25, -0.2) is 0 Å². The van der Waals surface area contributed by atoms with E-state index in [4.69, 9.17) is 18.6 Å². The van der Waals surface area contributed by atoms with Gasteiger partial charge in [0.05, 0.1) is 20.8 Å². The summed E-state index contributed by atoms with van der Waals surface area (Å²) in [4.78, 5) is 12.0. The van der Waals surface area contributed by atoms with Gasteiger partial charge in [-0.15, -0.1) is 15.3 Å². The van der Waals surface area contributed by atoms with Gasteiger partial charge in [-0.3, -0.25) is 4.79 Å². The molecular weight excluding hydrogens is 470 g/mol. The number of amides is 1. The molecule has 3 aromatic heterocycles. The number of carbonyl (C=O) groups is 1. The molecule has 1 amide bonds. The minimum atomic E-state index is -0.327. The summed E-state index contributed by atoms with van der Waals surface area (Å²) >= 11 is 3.16. The number of hydrogen-bond acceptors (Lipinski definition) is 8. The van der Waals surface area contributed by atoms with Gasteiger partial charge < -0.3 is 23.9 Å². The second-order valence-electron chi connectivity index (χ2n) is 6.24. The molecule has 1 aromatic carbocycles. The molecule has 4 rings (SSSR count). The number of nitrogens with one attached hydrogen (secondary N) is 1. The highest BCUT2D eigenvalue weighted by atomic mass is 79.9. The summed E-state index contributed by atoms with van der Waals surface area (Å²) in [5.74, 6) is 1.97. The van der Waals surface area contributed by atoms with Gasteiger partial charge in [0.2, 0.25) is 5.88 Å². The van der Waals surface area contributed by atoms with E-state index in [-0.39, 0.29) is 24.8 Å². The molecule has 0 bridgehead atoms. The molecule has 0 radical (unpaired) electrons. The molecule has 31 heavy (non-hydrogen) atoms. The van der Waals surface area contributed by atoms with Crippen molar-refractivity contribution >= 4 is 27.5 Å². The lowest BCUT2D eigenvalue weighted by Crippen LogP contribution is -2.27. The van der Waals surface area contributed by atoms with Crippen LogP contribution in [0.25, 0.3) is 17.0 Å². The zero-order valence-corrected chi connectivity index (χ0v) is 18.2. The molecule has 0 fully saturated rings. The molecule has 0 aliphatic carbocycles. The van der Waals surface area contributed by atoms with Gasteiger partial charge in [0, 0.05) is 11.6 Å². The Kier molecular flexibility index (Phi) is 6.03. The van der Waals surface area contributed by atoms with Crippen molar-refractivity contribution in [3.63, 3.8) is 0 Å². The van der Waals surface area contributed by atoms with E-state index in [1.54, 1.807) is 55.1 Å². The van der Waals surface area contributed by atoms with Crippen molar-refractivity contribution in [2.24, 2.45) is 0 Å². The van der Waals surface area contributed by atoms with Crippen LogP contribution < -0.4 is 19.5 Å². The van der Waals surface area contributed by atoms with Crippen LogP contribution in [0.5, 0.6) is 17.4 Å². The first-order valence-corrected chi connectivity index (χ1v) is 9.99. The van der Waals surface area contributed by atoms with Crippen molar-refractivity contribution in [2.75, 3.05) is 27.4 Å². The second kappa shape index (κ2) is 9.04. The summed E-state index contributed by atoms with van der Waals surface area (Å²) in [6.07, 6.45) is 0. The zero-order chi connectivity index (χ0) is 21.8. The molecule has 0 spiro atoms. The average molecular weight is 488 g/mol. The van der Waals surface area contributed by atoms with E-state index in [0.29, 0.717) is 33.5 Å². The third kappa shape index (κ3) is 4.45. The van der Waals surface area contributed by atoms with Crippen LogP contribution in [0.15, 0.2) is 51.6 Å². The summed E-state index contributed by atoms with van der Waals surface area (Å²) < 4.78 is 23.6. The number of ether oxygens (including phenoxy) is 3. The van der Waals surface area contributed by atoms with E-state index < -0.39 is 0 Å². The Morgan fingerprint density at radius 2 is 1.94 bits per heavy atom. The number of halogens is 1. The van der Waals surface area contributed by atoms with Crippen LogP contribution in [0.1, 0.15) is 10.6 Å². The average Bonchev–Trinajstić information content (AvgIpc) is 3.42. The minimum absolute atomic E-state index is 0.218. The van der Waals surface area contributed by atoms with Crippen molar-refractivity contribution in [1.82, 2.24) is 25.1 Å². The van der Waals surface area contributed by atoms with E-state index >= 15 is 0 Å². The van der Waals surface area contributed by atoms with Crippen LogP contribution in [0.4, 0.5) is 0 Å². The van der Waals surface area contributed by atoms with E-state index in [1.807, 2.05) is 6.07 Å². The lowest BCUT2D eigenvalue weighted by Gasteiger charge is -2.09. The molecule has 11 heteroatoms. The molecule has 3 heterocycles. The van der Waals surface area contributed by atoms with Gasteiger partial charge >= 0.3 is 0 Å². The highest BCUT2D eigenvalue weighted by Gasteiger charge is 2.14. The Labute approximate surface area is 185 Å². The Morgan fingerprint density at radius 1 is 1.10 bits per heavy atom. The number of rotatable bonds is 8. The Hall–Kier alpha value is -3.60. The number of aromatic nitrogens is 4. The maximum atomic E-state index is 12.0. The maximum Gasteiger partial charge on any atom is 0.287 e. The summed E-state index contributed by atoms with van der Waals surface area (Å²) in [6, 6.07) is 12.1. The molecule has 0 unspecified atom stereocenters. The highest BCUT2D eigenvalue weighted by molar-refractivity contribution is 9.10. The van der Waals surface area contributed by atoms with Crippen LogP contribution >= 0.6 is 15.9 Å². The number of carbonyl (C=O) groups excluding carboxylic acids is 1. The summed E-state index contributed by atoms with van der Waals surface area (Å²) in [6.45, 7) is 0.502. The van der Waals surface area contributed by atoms with Crippen molar-refractivity contribution in [3.8, 4) is 28.8 Å². The largest absolute Gasteiger partial charge is 0.493 e. The fourth-order valence-corrected chi connectivity index (χ4v) is 3.15. The lowest BCUT2D eigenvalue weighted by atomic mass is 10.2. The molecule has 0 saturated heterocycles. The normalized spacial score (nSPS) is 10.8. The topological polar surface area (TPSA) is 113 Å². The molecule has 0 saturated carbocycles. The number of benzene rings is 1. The van der Waals surface area contributed by atoms with E-state index in [2.05, 4.69) is 36.5 Å². The molecule has 1 N–H and O–H groups in total. The van der Waals surface area contributed by atoms with Crippen molar-refractivity contribution < 1.29 is 23.4 Å². The predicted molar refractivity (Wildman–Crippen MR) is 114 cm³/mol. The van der Waals surface area contributed by atoms with Gasteiger partial charge in [0.1, 0.15) is 6.61 Å². The monoisotopic (exact) mass is 487 g/mol. The third-order valence-corrected chi connectivity index (χ3v) is 4.74. The predicted octanol–water partition coefficient (Wildman–Crippen LogP) is 2.97. The van der Waals surface area contributed by atoms with Crippen LogP contribution in [-0.4, -0.2) is 53.1 Å². The highest BCUT2D eigenvalue weighted by Crippen LogP contribution is 2.31. The van der Waals surface area contributed by atoms with Crippen LogP contribution in [-0.2, 0) is 0 Å². The van der Waals surface area contributed by atoms with Gasteiger partial charge in [0.25, 0.3) is 5.91 Å². The van der Waals surface area contributed by atoms with Crippen molar-refractivity contribution in [2.45, 2.75) is 0 Å². The summed E-state index contributed by atoms with van der Waals surface area (Å²) in [5.41, 5.74) is 1.32. The molecule has 4 aromatic rings. The van der Waals surface area contributed by atoms with E-state index in [0.717, 1.165) is 5.56 Å². The van der Waals surface area contributed by atoms with Crippen LogP contribution in [0.2, 0.25) is 0 Å². The SMILES string of the molecule is COc1ccc(-c2nnc3ccc(OCCNC(=O)c4ccc(Br)o4)nn23)cc1OC. The lowest BCUT2D eigenvalue weighted by molar-refractivity contribution is 0.0917. The fourth-order valence-electron chi connectivity index (χ4n) is 2.85. The van der Waals surface area contributed by atoms with Crippen molar-refractivity contribution in [1.29, 1.82) is 0 Å². The van der Waals surface area contributed by atoms with Gasteiger partial charge in [-0.05, 0) is 52.3 Å². The maximum absolute atomic E-state index is 12.0. The number of fused-ring (bicyclic) bond motifs is 1. The van der Waals surface area contributed by atoms with Gasteiger partial charge in [0.15, 0.2) is 33.4 Å². The van der Waals surface area contributed by atoms with Crippen LogP contribution in [0.3, 0.4) is 0 Å². The molecule has 10 nitrogen and oxygen atoms in total. The fraction of sp³-hybridized carbons (Fsp3) is 0.200. The number of hydrogen-bond donors (Lipinski definition) is 1. The first-order valence-electron chi connectivity index (χ1n) is 9.20. The summed E-state index contributed by atoms with van der Waals surface area (Å²) in [7, 11) is 3.14. The molecular formula is C20H18BrN5O5. The van der Waals surface area contributed by atoms with Gasteiger partial charge in [-0.2, -0.15) is 4.52 Å². The van der Waals surface area contributed by atoms with E-state index in [1.165, 1.54) is 0 Å². The van der Waals surface area contributed by atoms with Crippen LogP contribution in [0, 0.1) is 0 Å². The molecule has 0 atom stereocenters.